The van der Waals surface area contributed by atoms with Crippen molar-refractivity contribution in [2.45, 2.75) is 6.92 Å². The lowest BCUT2D eigenvalue weighted by atomic mass is 10.2. The van der Waals surface area contributed by atoms with Gasteiger partial charge in [-0.1, -0.05) is 18.2 Å². The van der Waals surface area contributed by atoms with Crippen molar-refractivity contribution in [1.82, 2.24) is 0 Å². The summed E-state index contributed by atoms with van der Waals surface area (Å²) in [7, 11) is 0. The topological polar surface area (TPSA) is 65.2 Å². The van der Waals surface area contributed by atoms with E-state index in [9.17, 15) is 10.2 Å². The molecule has 17 heavy (non-hydrogen) atoms. The Morgan fingerprint density at radius 1 is 0.882 bits per heavy atom. The van der Waals surface area contributed by atoms with E-state index in [0.717, 1.165) is 0 Å². The minimum absolute atomic E-state index is 0.0427. The lowest BCUT2D eigenvalue weighted by Crippen LogP contribution is -1.75. The minimum Gasteiger partial charge on any atom is -0.508 e. The highest BCUT2D eigenvalue weighted by molar-refractivity contribution is 5.57. The maximum absolute atomic E-state index is 9.58. The maximum atomic E-state index is 9.58. The highest BCUT2D eigenvalue weighted by Crippen LogP contribution is 2.33. The number of aromatic hydroxyl groups is 2. The molecule has 0 radical (unpaired) electrons. The van der Waals surface area contributed by atoms with Crippen LogP contribution in [-0.2, 0) is 0 Å². The van der Waals surface area contributed by atoms with E-state index in [1.165, 1.54) is 6.07 Å². The molecule has 0 unspecified atom stereocenters. The van der Waals surface area contributed by atoms with Crippen LogP contribution in [0.2, 0.25) is 0 Å². The van der Waals surface area contributed by atoms with Crippen LogP contribution in [0.15, 0.2) is 52.7 Å². The van der Waals surface area contributed by atoms with Gasteiger partial charge in [0.15, 0.2) is 0 Å². The Kier molecular flexibility index (Phi) is 3.05. The second kappa shape index (κ2) is 4.65. The molecule has 2 aromatic carbocycles. The fourth-order valence-electron chi connectivity index (χ4n) is 1.36. The van der Waals surface area contributed by atoms with Gasteiger partial charge >= 0.3 is 0 Å². The Bertz CT molecular complexity index is 551. The van der Waals surface area contributed by atoms with Crippen LogP contribution in [-0.4, -0.2) is 10.2 Å². The molecule has 0 bridgehead atoms. The molecule has 0 amide bonds. The van der Waals surface area contributed by atoms with Crippen molar-refractivity contribution in [3.8, 4) is 11.5 Å². The van der Waals surface area contributed by atoms with Crippen LogP contribution in [0.1, 0.15) is 5.56 Å². The van der Waals surface area contributed by atoms with E-state index in [2.05, 4.69) is 10.2 Å². The summed E-state index contributed by atoms with van der Waals surface area (Å²) >= 11 is 0. The molecular formula is C13H12N2O2. The lowest BCUT2D eigenvalue weighted by Gasteiger charge is -2.02. The number of rotatable bonds is 2. The third-order valence-electron chi connectivity index (χ3n) is 2.32. The zero-order valence-electron chi connectivity index (χ0n) is 9.33. The number of aryl methyl sites for hydroxylation is 1. The second-order valence-corrected chi connectivity index (χ2v) is 3.66. The predicted molar refractivity (Wildman–Crippen MR) is 65.1 cm³/mol. The van der Waals surface area contributed by atoms with Crippen molar-refractivity contribution in [3.63, 3.8) is 0 Å². The first-order valence-corrected chi connectivity index (χ1v) is 5.16. The van der Waals surface area contributed by atoms with Crippen LogP contribution in [0, 0.1) is 6.92 Å². The largest absolute Gasteiger partial charge is 0.508 e. The molecule has 2 N–H and O–H groups in total. The second-order valence-electron chi connectivity index (χ2n) is 3.66. The van der Waals surface area contributed by atoms with Crippen LogP contribution < -0.4 is 0 Å². The van der Waals surface area contributed by atoms with E-state index in [1.807, 2.05) is 30.3 Å². The van der Waals surface area contributed by atoms with Crippen molar-refractivity contribution >= 4 is 11.4 Å². The average molecular weight is 228 g/mol. The van der Waals surface area contributed by atoms with E-state index in [-0.39, 0.29) is 11.5 Å². The molecule has 0 heterocycles. The molecular weight excluding hydrogens is 216 g/mol. The first kappa shape index (κ1) is 11.1. The molecule has 2 rings (SSSR count). The van der Waals surface area contributed by atoms with Crippen LogP contribution in [0.3, 0.4) is 0 Å². The van der Waals surface area contributed by atoms with Crippen LogP contribution >= 0.6 is 0 Å². The molecule has 0 aliphatic heterocycles. The summed E-state index contributed by atoms with van der Waals surface area (Å²) in [6.07, 6.45) is 0. The summed E-state index contributed by atoms with van der Waals surface area (Å²) in [5, 5.41) is 26.9. The number of phenols is 2. The molecule has 4 nitrogen and oxygen atoms in total. The minimum atomic E-state index is -0.0900. The normalized spacial score (nSPS) is 10.9. The first-order valence-electron chi connectivity index (χ1n) is 5.16. The first-order chi connectivity index (χ1) is 8.16. The highest BCUT2D eigenvalue weighted by Gasteiger charge is 2.04. The van der Waals surface area contributed by atoms with Gasteiger partial charge in [0.25, 0.3) is 0 Å². The van der Waals surface area contributed by atoms with E-state index >= 15 is 0 Å². The van der Waals surface area contributed by atoms with E-state index in [4.69, 9.17) is 0 Å². The molecule has 2 aromatic rings. The predicted octanol–water partition coefficient (Wildman–Crippen LogP) is 3.82. The van der Waals surface area contributed by atoms with E-state index in [0.29, 0.717) is 16.9 Å². The Morgan fingerprint density at radius 2 is 1.59 bits per heavy atom. The fraction of sp³-hybridized carbons (Fsp3) is 0.0769. The van der Waals surface area contributed by atoms with Gasteiger partial charge in [0.05, 0.1) is 5.69 Å². The number of benzene rings is 2. The molecule has 0 saturated heterocycles. The van der Waals surface area contributed by atoms with Crippen LogP contribution in [0.25, 0.3) is 0 Å². The van der Waals surface area contributed by atoms with Gasteiger partial charge in [-0.2, -0.15) is 5.11 Å². The average Bonchev–Trinajstić information content (AvgIpc) is 2.33. The van der Waals surface area contributed by atoms with E-state index in [1.54, 1.807) is 13.0 Å². The van der Waals surface area contributed by atoms with Gasteiger partial charge in [-0.25, -0.2) is 0 Å². The molecule has 0 spiro atoms. The Balaban J connectivity index is 2.31. The van der Waals surface area contributed by atoms with Gasteiger partial charge in [-0.15, -0.1) is 5.11 Å². The zero-order chi connectivity index (χ0) is 12.3. The number of hydrogen-bond donors (Lipinski definition) is 2. The number of phenolic OH excluding ortho intramolecular Hbond substituents is 2. The number of hydrogen-bond acceptors (Lipinski definition) is 4. The van der Waals surface area contributed by atoms with Crippen molar-refractivity contribution in [2.75, 3.05) is 0 Å². The van der Waals surface area contributed by atoms with Gasteiger partial charge in [0.1, 0.15) is 17.2 Å². The van der Waals surface area contributed by atoms with Crippen molar-refractivity contribution in [2.24, 2.45) is 10.2 Å². The standard InChI is InChI=1S/C13H12N2O2/c1-9-7-11(13(17)8-12(9)16)15-14-10-5-3-2-4-6-10/h2-8,16-17H,1H3/b15-14+. The van der Waals surface area contributed by atoms with Crippen molar-refractivity contribution in [1.29, 1.82) is 0 Å². The van der Waals surface area contributed by atoms with E-state index < -0.39 is 0 Å². The molecule has 0 aromatic heterocycles. The summed E-state index contributed by atoms with van der Waals surface area (Å²) in [4.78, 5) is 0. The van der Waals surface area contributed by atoms with Crippen molar-refractivity contribution < 1.29 is 10.2 Å². The molecule has 86 valence electrons. The van der Waals surface area contributed by atoms with Gasteiger partial charge in [-0.05, 0) is 30.7 Å². The molecule has 0 fully saturated rings. The van der Waals surface area contributed by atoms with Gasteiger partial charge in [0.2, 0.25) is 0 Å². The summed E-state index contributed by atoms with van der Waals surface area (Å²) in [5.74, 6) is -0.0473. The van der Waals surface area contributed by atoms with Gasteiger partial charge in [-0.3, -0.25) is 0 Å². The van der Waals surface area contributed by atoms with Gasteiger partial charge < -0.3 is 10.2 Å². The summed E-state index contributed by atoms with van der Waals surface area (Å²) in [6, 6.07) is 12.1. The molecule has 0 atom stereocenters. The highest BCUT2D eigenvalue weighted by atomic mass is 16.3. The molecule has 0 aliphatic carbocycles. The maximum Gasteiger partial charge on any atom is 0.146 e. The number of nitrogens with zero attached hydrogens (tertiary/aromatic N) is 2. The van der Waals surface area contributed by atoms with Crippen LogP contribution in [0.4, 0.5) is 11.4 Å². The third-order valence-corrected chi connectivity index (χ3v) is 2.32. The van der Waals surface area contributed by atoms with Gasteiger partial charge in [0, 0.05) is 6.07 Å². The van der Waals surface area contributed by atoms with Crippen LogP contribution in [0.5, 0.6) is 11.5 Å². The molecule has 4 heteroatoms. The molecule has 0 aliphatic rings. The van der Waals surface area contributed by atoms with Crippen molar-refractivity contribution in [3.05, 3.63) is 48.0 Å². The zero-order valence-corrected chi connectivity index (χ0v) is 9.33. The quantitative estimate of drug-likeness (QED) is 0.767. The summed E-state index contributed by atoms with van der Waals surface area (Å²) in [6.45, 7) is 1.73. The smallest absolute Gasteiger partial charge is 0.146 e. The monoisotopic (exact) mass is 228 g/mol. The summed E-state index contributed by atoms with van der Waals surface area (Å²) < 4.78 is 0. The Labute approximate surface area is 98.9 Å². The molecule has 0 saturated carbocycles. The Hall–Kier alpha value is -2.36. The summed E-state index contributed by atoms with van der Waals surface area (Å²) in [5.41, 5.74) is 1.69. The third kappa shape index (κ3) is 2.60. The lowest BCUT2D eigenvalue weighted by molar-refractivity contribution is 0.448. The SMILES string of the molecule is Cc1cc(/N=N/c2ccccc2)c(O)cc1O. The number of azo groups is 1. The Morgan fingerprint density at radius 3 is 2.29 bits per heavy atom. The fourth-order valence-corrected chi connectivity index (χ4v) is 1.36.